The molecule has 3 rings (SSSR count). The van der Waals surface area contributed by atoms with Gasteiger partial charge in [-0.1, -0.05) is 19.1 Å². The number of aliphatic hydroxyl groups is 1. The van der Waals surface area contributed by atoms with Gasteiger partial charge in [-0.15, -0.1) is 23.7 Å². The van der Waals surface area contributed by atoms with Gasteiger partial charge in [-0.25, -0.2) is 22.0 Å². The van der Waals surface area contributed by atoms with Crippen molar-refractivity contribution in [3.8, 4) is 0 Å². The Kier molecular flexibility index (Phi) is 7.13. The van der Waals surface area contributed by atoms with Crippen LogP contribution in [0.4, 0.5) is 5.69 Å². The smallest absolute Gasteiger partial charge is 0.274 e. The van der Waals surface area contributed by atoms with Gasteiger partial charge in [0.1, 0.15) is 8.42 Å². The van der Waals surface area contributed by atoms with Gasteiger partial charge in [0.05, 0.1) is 18.3 Å². The zero-order valence-corrected chi connectivity index (χ0v) is 18.3. The molecule has 156 valence electrons. The molecule has 0 aliphatic carbocycles. The monoisotopic (exact) mass is 467 g/mol. The number of halogens is 1. The van der Waals surface area contributed by atoms with Crippen LogP contribution in [0.2, 0.25) is 0 Å². The molecule has 4 N–H and O–H groups in total. The van der Waals surface area contributed by atoms with Crippen molar-refractivity contribution in [2.45, 2.75) is 27.8 Å². The van der Waals surface area contributed by atoms with Crippen LogP contribution in [0.25, 0.3) is 0 Å². The summed E-state index contributed by atoms with van der Waals surface area (Å²) in [5.41, 5.74) is 1.81. The first-order valence-electron chi connectivity index (χ1n) is 8.31. The Labute approximate surface area is 174 Å². The number of anilines is 1. The topological polar surface area (TPSA) is 130 Å². The molecule has 28 heavy (non-hydrogen) atoms. The molecule has 1 unspecified atom stereocenters. The molecule has 0 saturated heterocycles. The molecule has 1 aromatic heterocycles. The zero-order valence-electron chi connectivity index (χ0n) is 15.0. The fourth-order valence-corrected chi connectivity index (χ4v) is 7.29. The molecule has 1 atom stereocenters. The number of primary sulfonamides is 1. The maximum Gasteiger partial charge on any atom is 0.274 e. The van der Waals surface area contributed by atoms with E-state index in [0.29, 0.717) is 35.6 Å². The van der Waals surface area contributed by atoms with Gasteiger partial charge in [-0.05, 0) is 36.7 Å². The minimum absolute atomic E-state index is 0. The summed E-state index contributed by atoms with van der Waals surface area (Å²) < 4.78 is 50.8. The van der Waals surface area contributed by atoms with Crippen molar-refractivity contribution in [2.24, 2.45) is 5.14 Å². The molecule has 0 radical (unpaired) electrons. The fourth-order valence-electron chi connectivity index (χ4n) is 3.04. The molecule has 2 aromatic rings. The van der Waals surface area contributed by atoms with E-state index in [1.165, 1.54) is 10.4 Å². The summed E-state index contributed by atoms with van der Waals surface area (Å²) in [7, 11) is -7.90. The summed E-state index contributed by atoms with van der Waals surface area (Å²) in [6.45, 7) is 2.64. The number of nitrogens with two attached hydrogens (primary N) is 1. The Bertz CT molecular complexity index is 1040. The first-order chi connectivity index (χ1) is 12.7. The lowest BCUT2D eigenvalue weighted by Gasteiger charge is -2.34. The van der Waals surface area contributed by atoms with Crippen LogP contribution in [-0.4, -0.2) is 41.6 Å². The normalized spacial score (nSPS) is 18.4. The van der Waals surface area contributed by atoms with E-state index < -0.39 is 20.0 Å². The maximum atomic E-state index is 13.1. The third-order valence-electron chi connectivity index (χ3n) is 4.31. The minimum atomic E-state index is -4.00. The largest absolute Gasteiger partial charge is 0.396 e. The number of nitrogens with one attached hydrogen (secondary N) is 1. The van der Waals surface area contributed by atoms with Gasteiger partial charge in [0.15, 0.2) is 0 Å². The van der Waals surface area contributed by atoms with Crippen LogP contribution in [0.3, 0.4) is 0 Å². The summed E-state index contributed by atoms with van der Waals surface area (Å²) in [5.74, 6) is 0. The van der Waals surface area contributed by atoms with Crippen molar-refractivity contribution in [1.82, 2.24) is 5.32 Å². The number of hydrogen-bond acceptors (Lipinski definition) is 7. The van der Waals surface area contributed by atoms with Crippen molar-refractivity contribution in [3.05, 3.63) is 41.5 Å². The fraction of sp³-hybridized carbons (Fsp3) is 0.375. The highest BCUT2D eigenvalue weighted by atomic mass is 35.5. The highest BCUT2D eigenvalue weighted by molar-refractivity contribution is 7.96. The average molecular weight is 468 g/mol. The van der Waals surface area contributed by atoms with E-state index in [1.807, 2.05) is 6.92 Å². The summed E-state index contributed by atoms with van der Waals surface area (Å²) in [4.78, 5) is 0. The van der Waals surface area contributed by atoms with E-state index in [1.54, 1.807) is 24.3 Å². The number of thiophene rings is 1. The molecular formula is C16H22ClN3O5S3. The van der Waals surface area contributed by atoms with Gasteiger partial charge >= 0.3 is 0 Å². The first kappa shape index (κ1) is 23.1. The summed E-state index contributed by atoms with van der Waals surface area (Å²) >= 11 is 0.673. The SMILES string of the molecule is CCNC1CN(c2ccc(CCO)cc2)S(=O)(=O)c2sc(S(N)(=O)=O)cc21.Cl. The van der Waals surface area contributed by atoms with Crippen molar-refractivity contribution in [3.63, 3.8) is 0 Å². The predicted octanol–water partition coefficient (Wildman–Crippen LogP) is 1.21. The van der Waals surface area contributed by atoms with E-state index in [9.17, 15) is 16.8 Å². The van der Waals surface area contributed by atoms with E-state index in [-0.39, 0.29) is 40.0 Å². The number of nitrogens with zero attached hydrogens (tertiary/aromatic N) is 1. The van der Waals surface area contributed by atoms with Crippen molar-refractivity contribution >= 4 is 49.5 Å². The van der Waals surface area contributed by atoms with Crippen molar-refractivity contribution in [1.29, 1.82) is 0 Å². The third-order valence-corrected chi connectivity index (χ3v) is 9.20. The molecule has 0 spiro atoms. The number of sulfonamides is 2. The Balaban J connectivity index is 0.00000280. The van der Waals surface area contributed by atoms with Gasteiger partial charge < -0.3 is 10.4 Å². The Morgan fingerprint density at radius 3 is 2.50 bits per heavy atom. The number of aliphatic hydroxyl groups excluding tert-OH is 1. The number of likely N-dealkylation sites (N-methyl/N-ethyl adjacent to an activating group) is 1. The third kappa shape index (κ3) is 4.35. The molecule has 2 heterocycles. The second kappa shape index (κ2) is 8.66. The summed E-state index contributed by atoms with van der Waals surface area (Å²) in [6, 6.07) is 7.90. The van der Waals surface area contributed by atoms with Crippen LogP contribution >= 0.6 is 23.7 Å². The number of benzene rings is 1. The quantitative estimate of drug-likeness (QED) is 0.585. The van der Waals surface area contributed by atoms with Gasteiger partial charge in [0.2, 0.25) is 10.0 Å². The minimum Gasteiger partial charge on any atom is -0.396 e. The Morgan fingerprint density at radius 1 is 1.32 bits per heavy atom. The standard InChI is InChI=1S/C16H21N3O5S3.ClH/c1-2-18-14-10-19(12-5-3-11(4-6-12)7-8-20)27(23,24)16-13(14)9-15(25-16)26(17,21)22;/h3-6,9,14,18,20H,2,7-8,10H2,1H3,(H2,17,21,22);1H. The highest BCUT2D eigenvalue weighted by Crippen LogP contribution is 2.41. The second-order valence-electron chi connectivity index (χ2n) is 6.14. The summed E-state index contributed by atoms with van der Waals surface area (Å²) in [5, 5.41) is 17.4. The van der Waals surface area contributed by atoms with Crippen molar-refractivity contribution in [2.75, 3.05) is 24.0 Å². The number of fused-ring (bicyclic) bond motifs is 1. The molecule has 8 nitrogen and oxygen atoms in total. The Morgan fingerprint density at radius 2 is 1.96 bits per heavy atom. The van der Waals surface area contributed by atoms with Crippen LogP contribution in [-0.2, 0) is 26.5 Å². The zero-order chi connectivity index (χ0) is 19.8. The molecule has 12 heteroatoms. The molecule has 0 saturated carbocycles. The van der Waals surface area contributed by atoms with E-state index in [2.05, 4.69) is 5.32 Å². The lowest BCUT2D eigenvalue weighted by molar-refractivity contribution is 0.299. The van der Waals surface area contributed by atoms with Gasteiger partial charge in [-0.3, -0.25) is 4.31 Å². The molecule has 0 fully saturated rings. The van der Waals surface area contributed by atoms with Crippen LogP contribution in [0.1, 0.15) is 24.1 Å². The molecule has 1 aliphatic rings. The molecule has 1 aromatic carbocycles. The van der Waals surface area contributed by atoms with Crippen LogP contribution in [0.15, 0.2) is 38.8 Å². The predicted molar refractivity (Wildman–Crippen MR) is 111 cm³/mol. The molecular weight excluding hydrogens is 446 g/mol. The molecule has 0 amide bonds. The molecule has 0 bridgehead atoms. The van der Waals surface area contributed by atoms with Gasteiger partial charge in [0, 0.05) is 12.2 Å². The van der Waals surface area contributed by atoms with Crippen LogP contribution < -0.4 is 14.8 Å². The van der Waals surface area contributed by atoms with Crippen LogP contribution in [0.5, 0.6) is 0 Å². The second-order valence-corrected chi connectivity index (χ2v) is 11.0. The van der Waals surface area contributed by atoms with Gasteiger partial charge in [0.25, 0.3) is 10.0 Å². The first-order valence-corrected chi connectivity index (χ1v) is 12.1. The summed E-state index contributed by atoms with van der Waals surface area (Å²) in [6.07, 6.45) is 0.486. The number of rotatable bonds is 6. The lowest BCUT2D eigenvalue weighted by Crippen LogP contribution is -2.43. The highest BCUT2D eigenvalue weighted by Gasteiger charge is 2.40. The van der Waals surface area contributed by atoms with E-state index >= 15 is 0 Å². The van der Waals surface area contributed by atoms with Gasteiger partial charge in [-0.2, -0.15) is 0 Å². The lowest BCUT2D eigenvalue weighted by atomic mass is 10.1. The van der Waals surface area contributed by atoms with E-state index in [0.717, 1.165) is 5.56 Å². The maximum absolute atomic E-state index is 13.1. The number of hydrogen-bond donors (Lipinski definition) is 3. The Hall–Kier alpha value is -1.21. The van der Waals surface area contributed by atoms with Crippen molar-refractivity contribution < 1.29 is 21.9 Å². The average Bonchev–Trinajstić information content (AvgIpc) is 3.06. The van der Waals surface area contributed by atoms with Crippen LogP contribution in [0, 0.1) is 0 Å². The molecule has 1 aliphatic heterocycles. The van der Waals surface area contributed by atoms with E-state index in [4.69, 9.17) is 10.2 Å².